The minimum absolute atomic E-state index is 0.101. The largest absolute Gasteiger partial charge is 0.432 e. The van der Waals surface area contributed by atoms with Crippen LogP contribution in [0.5, 0.6) is 0 Å². The van der Waals surface area contributed by atoms with Crippen molar-refractivity contribution in [1.29, 1.82) is 0 Å². The lowest BCUT2D eigenvalue weighted by molar-refractivity contribution is -0.141. The third-order valence-corrected chi connectivity index (χ3v) is 5.33. The van der Waals surface area contributed by atoms with E-state index in [0.29, 0.717) is 35.7 Å². The first kappa shape index (κ1) is 17.7. The van der Waals surface area contributed by atoms with Gasteiger partial charge < -0.3 is 9.88 Å². The molecule has 0 radical (unpaired) electrons. The van der Waals surface area contributed by atoms with E-state index >= 15 is 0 Å². The van der Waals surface area contributed by atoms with Gasteiger partial charge >= 0.3 is 6.18 Å². The highest BCUT2D eigenvalue weighted by atomic mass is 32.1. The number of amides is 1. The minimum atomic E-state index is -4.46. The van der Waals surface area contributed by atoms with Crippen LogP contribution in [0.4, 0.5) is 13.2 Å². The van der Waals surface area contributed by atoms with E-state index in [-0.39, 0.29) is 23.4 Å². The molecule has 134 valence electrons. The molecule has 0 saturated carbocycles. The van der Waals surface area contributed by atoms with Crippen LogP contribution >= 0.6 is 11.3 Å². The number of alkyl halides is 3. The van der Waals surface area contributed by atoms with Crippen molar-refractivity contribution in [3.8, 4) is 0 Å². The van der Waals surface area contributed by atoms with Crippen molar-refractivity contribution >= 4 is 23.0 Å². The van der Waals surface area contributed by atoms with Gasteiger partial charge in [0.15, 0.2) is 5.78 Å². The molecule has 0 aliphatic carbocycles. The van der Waals surface area contributed by atoms with Crippen molar-refractivity contribution in [3.05, 3.63) is 39.6 Å². The fraction of sp³-hybridized carbons (Fsp3) is 0.438. The van der Waals surface area contributed by atoms with E-state index < -0.39 is 11.9 Å². The molecule has 3 rings (SSSR count). The summed E-state index contributed by atoms with van der Waals surface area (Å²) in [6.07, 6.45) is -2.33. The molecule has 0 aromatic carbocycles. The number of aromatic nitrogens is 2. The molecule has 9 heteroatoms. The molecule has 0 spiro atoms. The maximum absolute atomic E-state index is 12.7. The normalized spacial score (nSPS) is 18.4. The van der Waals surface area contributed by atoms with Gasteiger partial charge in [0, 0.05) is 19.0 Å². The molecular formula is C16H16F3N3O2S. The van der Waals surface area contributed by atoms with Gasteiger partial charge in [-0.2, -0.15) is 13.2 Å². The standard InChI is InChI=1S/C16H16F3N3O2S/c1-9(23)11-4-5-12(25-11)15(24)22-6-2-3-10(8-22)14-20-7-13(21-14)16(17,18)19/h4-5,7,10H,2-3,6,8H2,1H3,(H,20,21). The monoisotopic (exact) mass is 371 g/mol. The maximum Gasteiger partial charge on any atom is 0.432 e. The summed E-state index contributed by atoms with van der Waals surface area (Å²) in [7, 11) is 0. The topological polar surface area (TPSA) is 66.1 Å². The van der Waals surface area contributed by atoms with E-state index in [4.69, 9.17) is 0 Å². The number of aromatic amines is 1. The van der Waals surface area contributed by atoms with Gasteiger partial charge in [-0.05, 0) is 31.9 Å². The summed E-state index contributed by atoms with van der Waals surface area (Å²) < 4.78 is 38.1. The molecule has 1 atom stereocenters. The summed E-state index contributed by atoms with van der Waals surface area (Å²) in [5, 5.41) is 0. The summed E-state index contributed by atoms with van der Waals surface area (Å²) in [4.78, 5) is 32.7. The number of thiophene rings is 1. The highest BCUT2D eigenvalue weighted by molar-refractivity contribution is 7.15. The van der Waals surface area contributed by atoms with Crippen molar-refractivity contribution in [2.75, 3.05) is 13.1 Å². The quantitative estimate of drug-likeness (QED) is 0.837. The van der Waals surface area contributed by atoms with E-state index in [1.165, 1.54) is 6.92 Å². The summed E-state index contributed by atoms with van der Waals surface area (Å²) in [6, 6.07) is 3.23. The second-order valence-corrected chi connectivity index (χ2v) is 7.07. The van der Waals surface area contributed by atoms with E-state index in [9.17, 15) is 22.8 Å². The summed E-state index contributed by atoms with van der Waals surface area (Å²) >= 11 is 1.13. The number of carbonyl (C=O) groups excluding carboxylic acids is 2. The molecule has 0 bridgehead atoms. The van der Waals surface area contributed by atoms with E-state index in [1.54, 1.807) is 17.0 Å². The van der Waals surface area contributed by atoms with Gasteiger partial charge in [-0.25, -0.2) is 4.98 Å². The van der Waals surface area contributed by atoms with Crippen molar-refractivity contribution in [2.24, 2.45) is 0 Å². The number of halogens is 3. The average Bonchev–Trinajstić information content (AvgIpc) is 3.23. The Morgan fingerprint density at radius 1 is 1.32 bits per heavy atom. The Bertz CT molecular complexity index is 797. The Morgan fingerprint density at radius 2 is 2.04 bits per heavy atom. The van der Waals surface area contributed by atoms with E-state index in [2.05, 4.69) is 9.97 Å². The van der Waals surface area contributed by atoms with Crippen LogP contribution in [-0.4, -0.2) is 39.6 Å². The molecule has 1 fully saturated rings. The molecule has 2 aromatic heterocycles. The number of nitrogens with one attached hydrogen (secondary N) is 1. The lowest BCUT2D eigenvalue weighted by Crippen LogP contribution is -2.39. The number of rotatable bonds is 3. The van der Waals surface area contributed by atoms with Crippen LogP contribution in [0.25, 0.3) is 0 Å². The first-order valence-corrected chi connectivity index (χ1v) is 8.59. The zero-order valence-corrected chi connectivity index (χ0v) is 14.2. The van der Waals surface area contributed by atoms with Gasteiger partial charge in [0.1, 0.15) is 11.5 Å². The Kier molecular flexibility index (Phi) is 4.68. The Morgan fingerprint density at radius 3 is 2.64 bits per heavy atom. The zero-order chi connectivity index (χ0) is 18.2. The van der Waals surface area contributed by atoms with Gasteiger partial charge in [0.05, 0.1) is 16.0 Å². The molecule has 2 aromatic rings. The fourth-order valence-corrected chi connectivity index (χ4v) is 3.74. The minimum Gasteiger partial charge on any atom is -0.338 e. The smallest absolute Gasteiger partial charge is 0.338 e. The lowest BCUT2D eigenvalue weighted by Gasteiger charge is -2.31. The second kappa shape index (κ2) is 6.62. The third-order valence-electron chi connectivity index (χ3n) is 4.16. The highest BCUT2D eigenvalue weighted by Gasteiger charge is 2.35. The summed E-state index contributed by atoms with van der Waals surface area (Å²) in [5.74, 6) is -0.317. The number of imidazole rings is 1. The first-order chi connectivity index (χ1) is 11.8. The summed E-state index contributed by atoms with van der Waals surface area (Å²) in [5.41, 5.74) is -0.879. The summed E-state index contributed by atoms with van der Waals surface area (Å²) in [6.45, 7) is 2.28. The van der Waals surface area contributed by atoms with Gasteiger partial charge in [-0.1, -0.05) is 0 Å². The molecule has 1 unspecified atom stereocenters. The highest BCUT2D eigenvalue weighted by Crippen LogP contribution is 2.31. The maximum atomic E-state index is 12.7. The molecular weight excluding hydrogens is 355 g/mol. The average molecular weight is 371 g/mol. The van der Waals surface area contributed by atoms with Gasteiger partial charge in [-0.3, -0.25) is 9.59 Å². The predicted octanol–water partition coefficient (Wildman–Crippen LogP) is 3.71. The number of piperidine rings is 1. The van der Waals surface area contributed by atoms with Crippen LogP contribution in [0, 0.1) is 0 Å². The molecule has 1 amide bonds. The number of carbonyl (C=O) groups is 2. The molecule has 25 heavy (non-hydrogen) atoms. The van der Waals surface area contributed by atoms with Gasteiger partial charge in [-0.15, -0.1) is 11.3 Å². The number of H-pyrrole nitrogens is 1. The van der Waals surface area contributed by atoms with Crippen LogP contribution < -0.4 is 0 Å². The van der Waals surface area contributed by atoms with Crippen molar-refractivity contribution < 1.29 is 22.8 Å². The number of ketones is 1. The number of hydrogen-bond donors (Lipinski definition) is 1. The van der Waals surface area contributed by atoms with Crippen LogP contribution in [0.15, 0.2) is 18.3 Å². The zero-order valence-electron chi connectivity index (χ0n) is 13.4. The van der Waals surface area contributed by atoms with Gasteiger partial charge in [0.2, 0.25) is 0 Å². The second-order valence-electron chi connectivity index (χ2n) is 5.99. The van der Waals surface area contributed by atoms with Crippen molar-refractivity contribution in [1.82, 2.24) is 14.9 Å². The van der Waals surface area contributed by atoms with E-state index in [0.717, 1.165) is 17.5 Å². The Balaban J connectivity index is 1.73. The van der Waals surface area contributed by atoms with Crippen LogP contribution in [0.1, 0.15) is 56.5 Å². The Labute approximate surface area is 145 Å². The van der Waals surface area contributed by atoms with Crippen molar-refractivity contribution in [3.63, 3.8) is 0 Å². The Hall–Kier alpha value is -2.16. The predicted molar refractivity (Wildman–Crippen MR) is 85.8 cm³/mol. The number of nitrogens with zero attached hydrogens (tertiary/aromatic N) is 2. The number of hydrogen-bond acceptors (Lipinski definition) is 4. The van der Waals surface area contributed by atoms with Crippen LogP contribution in [0.2, 0.25) is 0 Å². The molecule has 1 aliphatic rings. The lowest BCUT2D eigenvalue weighted by atomic mass is 9.97. The molecule has 3 heterocycles. The third kappa shape index (κ3) is 3.76. The molecule has 1 aliphatic heterocycles. The fourth-order valence-electron chi connectivity index (χ4n) is 2.87. The molecule has 5 nitrogen and oxygen atoms in total. The van der Waals surface area contributed by atoms with Crippen LogP contribution in [0.3, 0.4) is 0 Å². The molecule has 1 N–H and O–H groups in total. The van der Waals surface area contributed by atoms with E-state index in [1.807, 2.05) is 0 Å². The van der Waals surface area contributed by atoms with Gasteiger partial charge in [0.25, 0.3) is 5.91 Å². The SMILES string of the molecule is CC(=O)c1ccc(C(=O)N2CCCC(c3ncc(C(F)(F)F)[nH]3)C2)s1. The number of Topliss-reactive ketones (excluding diaryl/α,β-unsaturated/α-hetero) is 1. The van der Waals surface area contributed by atoms with Crippen LogP contribution in [-0.2, 0) is 6.18 Å². The number of likely N-dealkylation sites (tertiary alicyclic amines) is 1. The molecule has 1 saturated heterocycles. The van der Waals surface area contributed by atoms with Crippen molar-refractivity contribution in [2.45, 2.75) is 31.9 Å². The first-order valence-electron chi connectivity index (χ1n) is 7.78.